The van der Waals surface area contributed by atoms with E-state index >= 15 is 0 Å². The van der Waals surface area contributed by atoms with Crippen molar-refractivity contribution in [2.24, 2.45) is 0 Å². The van der Waals surface area contributed by atoms with E-state index in [0.29, 0.717) is 36.7 Å². The molecule has 1 aliphatic rings. The monoisotopic (exact) mass is 401 g/mol. The average molecular weight is 401 g/mol. The van der Waals surface area contributed by atoms with Crippen LogP contribution in [0.4, 0.5) is 0 Å². The van der Waals surface area contributed by atoms with E-state index in [1.54, 1.807) is 43.2 Å². The Morgan fingerprint density at radius 2 is 2.07 bits per heavy atom. The third-order valence-corrected chi connectivity index (χ3v) is 4.92. The highest BCUT2D eigenvalue weighted by molar-refractivity contribution is 5.97. The van der Waals surface area contributed by atoms with Gasteiger partial charge in [-0.2, -0.15) is 5.10 Å². The van der Waals surface area contributed by atoms with Crippen LogP contribution >= 0.6 is 0 Å². The van der Waals surface area contributed by atoms with Crippen LogP contribution in [-0.2, 0) is 11.3 Å². The average Bonchev–Trinajstić information content (AvgIpc) is 3.21. The summed E-state index contributed by atoms with van der Waals surface area (Å²) in [5, 5.41) is 7.03. The van der Waals surface area contributed by atoms with Gasteiger partial charge in [-0.25, -0.2) is 4.98 Å². The second-order valence-corrected chi connectivity index (χ2v) is 7.18. The number of nitrogens with one attached hydrogen (secondary N) is 1. The maximum absolute atomic E-state index is 12.9. The molecule has 1 aromatic heterocycles. The van der Waals surface area contributed by atoms with E-state index in [1.807, 2.05) is 11.8 Å². The molecule has 0 saturated carbocycles. The number of carbonyl (C=O) groups excluding carboxylic acids is 2. The molecule has 0 spiro atoms. The van der Waals surface area contributed by atoms with Gasteiger partial charge in [-0.05, 0) is 25.1 Å². The minimum atomic E-state index is -0.243. The number of hydrogen-bond acceptors (Lipinski definition) is 6. The van der Waals surface area contributed by atoms with Crippen molar-refractivity contribution in [1.29, 1.82) is 0 Å². The molecule has 156 valence electrons. The van der Waals surface area contributed by atoms with Crippen molar-refractivity contribution < 1.29 is 19.1 Å². The predicted octanol–water partition coefficient (Wildman–Crippen LogP) is 1.49. The predicted molar refractivity (Wildman–Crippen MR) is 106 cm³/mol. The van der Waals surface area contributed by atoms with Crippen LogP contribution in [0.3, 0.4) is 0 Å². The molecule has 29 heavy (non-hydrogen) atoms. The van der Waals surface area contributed by atoms with Gasteiger partial charge in [0.05, 0.1) is 19.2 Å². The first-order valence-electron chi connectivity index (χ1n) is 9.69. The Morgan fingerprint density at radius 3 is 2.69 bits per heavy atom. The Hall–Kier alpha value is -3.10. The van der Waals surface area contributed by atoms with Gasteiger partial charge in [0, 0.05) is 38.9 Å². The van der Waals surface area contributed by atoms with Crippen LogP contribution in [0.15, 0.2) is 30.9 Å². The summed E-state index contributed by atoms with van der Waals surface area (Å²) in [5.41, 5.74) is 0.420. The number of amides is 2. The number of benzene rings is 1. The van der Waals surface area contributed by atoms with Gasteiger partial charge >= 0.3 is 0 Å². The normalized spacial score (nSPS) is 15.6. The van der Waals surface area contributed by atoms with Crippen LogP contribution in [0.1, 0.15) is 37.0 Å². The number of hydrogen-bond donors (Lipinski definition) is 1. The van der Waals surface area contributed by atoms with E-state index in [9.17, 15) is 9.59 Å². The summed E-state index contributed by atoms with van der Waals surface area (Å²) in [4.78, 5) is 30.1. The fourth-order valence-corrected chi connectivity index (χ4v) is 3.34. The van der Waals surface area contributed by atoms with Gasteiger partial charge in [-0.1, -0.05) is 0 Å². The van der Waals surface area contributed by atoms with Gasteiger partial charge in [-0.15, -0.1) is 0 Å². The lowest BCUT2D eigenvalue weighted by molar-refractivity contribution is -0.130. The van der Waals surface area contributed by atoms with Gasteiger partial charge in [0.1, 0.15) is 30.3 Å². The smallest absolute Gasteiger partial charge is 0.255 e. The molecule has 2 amide bonds. The molecule has 9 nitrogen and oxygen atoms in total. The molecule has 1 saturated heterocycles. The van der Waals surface area contributed by atoms with Crippen LogP contribution in [-0.4, -0.2) is 63.8 Å². The van der Waals surface area contributed by atoms with Gasteiger partial charge in [-0.3, -0.25) is 14.3 Å². The summed E-state index contributed by atoms with van der Waals surface area (Å²) in [6.45, 7) is 5.31. The van der Waals surface area contributed by atoms with Crippen LogP contribution in [0.2, 0.25) is 0 Å². The quantitative estimate of drug-likeness (QED) is 0.755. The van der Waals surface area contributed by atoms with Gasteiger partial charge < -0.3 is 19.7 Å². The molecule has 2 aromatic rings. The molecule has 0 unspecified atom stereocenters. The van der Waals surface area contributed by atoms with Crippen molar-refractivity contribution in [3.8, 4) is 11.5 Å². The van der Waals surface area contributed by atoms with E-state index in [-0.39, 0.29) is 24.0 Å². The van der Waals surface area contributed by atoms with Crippen molar-refractivity contribution in [2.45, 2.75) is 45.4 Å². The van der Waals surface area contributed by atoms with Crippen molar-refractivity contribution in [3.63, 3.8) is 0 Å². The third-order valence-electron chi connectivity index (χ3n) is 4.92. The number of carbonyl (C=O) groups is 2. The largest absolute Gasteiger partial charge is 0.497 e. The molecular formula is C20H27N5O4. The van der Waals surface area contributed by atoms with Crippen LogP contribution in [0, 0.1) is 0 Å². The van der Waals surface area contributed by atoms with Gasteiger partial charge in [0.25, 0.3) is 5.91 Å². The van der Waals surface area contributed by atoms with Gasteiger partial charge in [0.15, 0.2) is 0 Å². The van der Waals surface area contributed by atoms with Crippen molar-refractivity contribution in [1.82, 2.24) is 25.0 Å². The molecule has 0 radical (unpaired) electrons. The standard InChI is InChI=1S/C20H27N5O4/c1-14(11-25-13-21-12-22-25)23-20(27)18-10-17(28-3)4-5-19(18)29-16-6-8-24(9-7-16)15(2)26/h4-5,10,12-14,16H,6-9,11H2,1-3H3,(H,23,27)/t14-/m0/s1. The summed E-state index contributed by atoms with van der Waals surface area (Å²) in [7, 11) is 1.56. The Balaban J connectivity index is 1.68. The molecule has 1 fully saturated rings. The highest BCUT2D eigenvalue weighted by atomic mass is 16.5. The lowest BCUT2D eigenvalue weighted by Crippen LogP contribution is -2.41. The van der Waals surface area contributed by atoms with Crippen molar-refractivity contribution >= 4 is 11.8 Å². The first-order valence-corrected chi connectivity index (χ1v) is 9.69. The number of piperidine rings is 1. The Morgan fingerprint density at radius 1 is 1.31 bits per heavy atom. The summed E-state index contributed by atoms with van der Waals surface area (Å²) in [5.74, 6) is 0.928. The first kappa shape index (κ1) is 20.6. The molecule has 3 rings (SSSR count). The summed E-state index contributed by atoms with van der Waals surface area (Å²) < 4.78 is 13.1. The molecular weight excluding hydrogens is 374 g/mol. The van der Waals surface area contributed by atoms with Crippen molar-refractivity contribution in [3.05, 3.63) is 36.4 Å². The highest BCUT2D eigenvalue weighted by Gasteiger charge is 2.24. The molecule has 9 heteroatoms. The molecule has 1 N–H and O–H groups in total. The maximum atomic E-state index is 12.9. The third kappa shape index (κ3) is 5.46. The number of rotatable bonds is 7. The SMILES string of the molecule is COc1ccc(OC2CCN(C(C)=O)CC2)c(C(=O)N[C@@H](C)Cn2cncn2)c1. The Bertz CT molecular complexity index is 831. The van der Waals surface area contributed by atoms with E-state index in [4.69, 9.17) is 9.47 Å². The Labute approximate surface area is 170 Å². The molecule has 0 aliphatic carbocycles. The lowest BCUT2D eigenvalue weighted by atomic mass is 10.1. The van der Waals surface area contributed by atoms with E-state index in [0.717, 1.165) is 12.8 Å². The highest BCUT2D eigenvalue weighted by Crippen LogP contribution is 2.27. The molecule has 1 aliphatic heterocycles. The second kappa shape index (κ2) is 9.40. The molecule has 1 aromatic carbocycles. The minimum Gasteiger partial charge on any atom is -0.497 e. The molecule has 1 atom stereocenters. The number of aromatic nitrogens is 3. The van der Waals surface area contributed by atoms with E-state index in [1.165, 1.54) is 6.33 Å². The van der Waals surface area contributed by atoms with E-state index < -0.39 is 0 Å². The minimum absolute atomic E-state index is 0.0434. The molecule has 0 bridgehead atoms. The van der Waals surface area contributed by atoms with Crippen molar-refractivity contribution in [2.75, 3.05) is 20.2 Å². The van der Waals surface area contributed by atoms with Crippen LogP contribution in [0.5, 0.6) is 11.5 Å². The van der Waals surface area contributed by atoms with E-state index in [2.05, 4.69) is 15.4 Å². The lowest BCUT2D eigenvalue weighted by Gasteiger charge is -2.32. The fourth-order valence-electron chi connectivity index (χ4n) is 3.34. The summed E-state index contributed by atoms with van der Waals surface area (Å²) in [6, 6.07) is 5.06. The van der Waals surface area contributed by atoms with Gasteiger partial charge in [0.2, 0.25) is 5.91 Å². The first-order chi connectivity index (χ1) is 14.0. The van der Waals surface area contributed by atoms with Crippen LogP contribution in [0.25, 0.3) is 0 Å². The van der Waals surface area contributed by atoms with Crippen LogP contribution < -0.4 is 14.8 Å². The second-order valence-electron chi connectivity index (χ2n) is 7.18. The number of methoxy groups -OCH3 is 1. The maximum Gasteiger partial charge on any atom is 0.255 e. The Kier molecular flexibility index (Phi) is 6.69. The zero-order chi connectivity index (χ0) is 20.8. The summed E-state index contributed by atoms with van der Waals surface area (Å²) >= 11 is 0. The number of nitrogens with zero attached hydrogens (tertiary/aromatic N) is 4. The topological polar surface area (TPSA) is 98.6 Å². The zero-order valence-corrected chi connectivity index (χ0v) is 17.0. The number of likely N-dealkylation sites (tertiary alicyclic amines) is 1. The number of ether oxygens (including phenoxy) is 2. The summed E-state index contributed by atoms with van der Waals surface area (Å²) in [6.07, 6.45) is 4.49. The molecule has 2 heterocycles. The fraction of sp³-hybridized carbons (Fsp3) is 0.500. The zero-order valence-electron chi connectivity index (χ0n) is 17.0.